The maximum atomic E-state index is 11.7. The summed E-state index contributed by atoms with van der Waals surface area (Å²) in [5.41, 5.74) is 0. The Morgan fingerprint density at radius 3 is 2.95 bits per heavy atom. The third-order valence-corrected chi connectivity index (χ3v) is 4.02. The van der Waals surface area contributed by atoms with E-state index in [-0.39, 0.29) is 5.91 Å². The van der Waals surface area contributed by atoms with Crippen molar-refractivity contribution >= 4 is 5.91 Å². The van der Waals surface area contributed by atoms with Crippen LogP contribution in [0.2, 0.25) is 0 Å². The van der Waals surface area contributed by atoms with Gasteiger partial charge in [-0.1, -0.05) is 0 Å². The number of morpholine rings is 1. The highest BCUT2D eigenvalue weighted by atomic mass is 16.5. The molecule has 1 atom stereocenters. The van der Waals surface area contributed by atoms with Gasteiger partial charge < -0.3 is 15.4 Å². The quantitative estimate of drug-likeness (QED) is 0.649. The van der Waals surface area contributed by atoms with E-state index in [2.05, 4.69) is 15.5 Å². The molecule has 2 rings (SSSR count). The third kappa shape index (κ3) is 5.89. The lowest BCUT2D eigenvalue weighted by Gasteiger charge is -2.26. The number of carbonyl (C=O) groups excluding carboxylic acids is 1. The topological polar surface area (TPSA) is 53.6 Å². The molecule has 0 saturated carbocycles. The molecular weight excluding hydrogens is 242 g/mol. The maximum Gasteiger partial charge on any atom is 0.220 e. The highest BCUT2D eigenvalue weighted by Crippen LogP contribution is 2.13. The highest BCUT2D eigenvalue weighted by molar-refractivity contribution is 5.75. The third-order valence-electron chi connectivity index (χ3n) is 4.02. The van der Waals surface area contributed by atoms with Crippen molar-refractivity contribution in [3.63, 3.8) is 0 Å². The minimum Gasteiger partial charge on any atom is -0.379 e. The number of nitrogens with zero attached hydrogens (tertiary/aromatic N) is 1. The van der Waals surface area contributed by atoms with Crippen molar-refractivity contribution in [3.8, 4) is 0 Å². The summed E-state index contributed by atoms with van der Waals surface area (Å²) >= 11 is 0. The van der Waals surface area contributed by atoms with Crippen molar-refractivity contribution in [2.45, 2.75) is 25.7 Å². The van der Waals surface area contributed by atoms with Crippen LogP contribution in [0.4, 0.5) is 0 Å². The minimum atomic E-state index is 0.217. The summed E-state index contributed by atoms with van der Waals surface area (Å²) in [4.78, 5) is 14.1. The first-order valence-corrected chi connectivity index (χ1v) is 7.62. The van der Waals surface area contributed by atoms with Gasteiger partial charge in [-0.15, -0.1) is 0 Å². The lowest BCUT2D eigenvalue weighted by molar-refractivity contribution is -0.121. The van der Waals surface area contributed by atoms with Crippen LogP contribution in [0, 0.1) is 5.92 Å². The summed E-state index contributed by atoms with van der Waals surface area (Å²) in [6, 6.07) is 0. The number of carbonyl (C=O) groups is 1. The number of ether oxygens (including phenoxy) is 1. The largest absolute Gasteiger partial charge is 0.379 e. The Morgan fingerprint density at radius 2 is 2.21 bits per heavy atom. The van der Waals surface area contributed by atoms with Gasteiger partial charge >= 0.3 is 0 Å². The van der Waals surface area contributed by atoms with E-state index >= 15 is 0 Å². The van der Waals surface area contributed by atoms with E-state index in [1.807, 2.05) is 0 Å². The van der Waals surface area contributed by atoms with Crippen molar-refractivity contribution in [3.05, 3.63) is 0 Å². The van der Waals surface area contributed by atoms with E-state index in [0.717, 1.165) is 65.3 Å². The van der Waals surface area contributed by atoms with Crippen LogP contribution in [0.15, 0.2) is 0 Å². The van der Waals surface area contributed by atoms with Gasteiger partial charge in [-0.3, -0.25) is 9.69 Å². The molecule has 0 aromatic carbocycles. The van der Waals surface area contributed by atoms with Crippen molar-refractivity contribution in [1.29, 1.82) is 0 Å². The van der Waals surface area contributed by atoms with Gasteiger partial charge in [-0.05, 0) is 44.8 Å². The zero-order valence-corrected chi connectivity index (χ0v) is 11.8. The molecular formula is C14H27N3O2. The van der Waals surface area contributed by atoms with Crippen LogP contribution in [-0.2, 0) is 9.53 Å². The maximum absolute atomic E-state index is 11.7. The van der Waals surface area contributed by atoms with E-state index in [4.69, 9.17) is 4.74 Å². The second-order valence-electron chi connectivity index (χ2n) is 5.56. The zero-order chi connectivity index (χ0) is 13.3. The van der Waals surface area contributed by atoms with Crippen molar-refractivity contribution in [2.24, 2.45) is 5.92 Å². The SMILES string of the molecule is O=C(CCC1CCNC1)NCCCN1CCOCC1. The summed E-state index contributed by atoms with van der Waals surface area (Å²) in [6.07, 6.45) is 3.98. The van der Waals surface area contributed by atoms with E-state index in [1.54, 1.807) is 0 Å². The fourth-order valence-corrected chi connectivity index (χ4v) is 2.74. The minimum absolute atomic E-state index is 0.217. The van der Waals surface area contributed by atoms with Crippen molar-refractivity contribution in [2.75, 3.05) is 52.5 Å². The molecule has 2 aliphatic rings. The van der Waals surface area contributed by atoms with Crippen LogP contribution in [0.25, 0.3) is 0 Å². The molecule has 2 heterocycles. The molecule has 0 aliphatic carbocycles. The average Bonchev–Trinajstić information content (AvgIpc) is 2.96. The van der Waals surface area contributed by atoms with E-state index < -0.39 is 0 Å². The number of nitrogens with one attached hydrogen (secondary N) is 2. The summed E-state index contributed by atoms with van der Waals surface area (Å²) in [6.45, 7) is 7.83. The van der Waals surface area contributed by atoms with E-state index in [9.17, 15) is 4.79 Å². The van der Waals surface area contributed by atoms with Gasteiger partial charge in [0.2, 0.25) is 5.91 Å². The second kappa shape index (κ2) is 8.51. The van der Waals surface area contributed by atoms with Crippen LogP contribution in [0.1, 0.15) is 25.7 Å². The van der Waals surface area contributed by atoms with Gasteiger partial charge in [0.15, 0.2) is 0 Å². The average molecular weight is 269 g/mol. The smallest absolute Gasteiger partial charge is 0.220 e. The Bertz CT molecular complexity index is 261. The first-order valence-electron chi connectivity index (χ1n) is 7.62. The van der Waals surface area contributed by atoms with Gasteiger partial charge in [-0.2, -0.15) is 0 Å². The molecule has 2 aliphatic heterocycles. The van der Waals surface area contributed by atoms with Gasteiger partial charge in [0.05, 0.1) is 13.2 Å². The molecule has 2 fully saturated rings. The van der Waals surface area contributed by atoms with Gasteiger partial charge in [0.25, 0.3) is 0 Å². The zero-order valence-electron chi connectivity index (χ0n) is 11.8. The van der Waals surface area contributed by atoms with Gasteiger partial charge in [0, 0.05) is 26.1 Å². The molecule has 0 aromatic heterocycles. The van der Waals surface area contributed by atoms with Gasteiger partial charge in [-0.25, -0.2) is 0 Å². The molecule has 2 N–H and O–H groups in total. The molecule has 0 radical (unpaired) electrons. The van der Waals surface area contributed by atoms with Crippen LogP contribution < -0.4 is 10.6 Å². The molecule has 1 unspecified atom stereocenters. The Kier molecular flexibility index (Phi) is 6.61. The Hall–Kier alpha value is -0.650. The molecule has 5 nitrogen and oxygen atoms in total. The van der Waals surface area contributed by atoms with Gasteiger partial charge in [0.1, 0.15) is 0 Å². The first-order chi connectivity index (χ1) is 9.34. The molecule has 19 heavy (non-hydrogen) atoms. The normalized spacial score (nSPS) is 24.5. The summed E-state index contributed by atoms with van der Waals surface area (Å²) in [5, 5.41) is 6.37. The fourth-order valence-electron chi connectivity index (χ4n) is 2.74. The number of hydrogen-bond donors (Lipinski definition) is 2. The molecule has 0 bridgehead atoms. The number of rotatable bonds is 7. The number of hydrogen-bond acceptors (Lipinski definition) is 4. The molecule has 2 saturated heterocycles. The van der Waals surface area contributed by atoms with Crippen LogP contribution >= 0.6 is 0 Å². The first kappa shape index (κ1) is 14.8. The molecule has 110 valence electrons. The van der Waals surface area contributed by atoms with Crippen molar-refractivity contribution < 1.29 is 9.53 Å². The second-order valence-corrected chi connectivity index (χ2v) is 5.56. The Labute approximate surface area is 116 Å². The lowest BCUT2D eigenvalue weighted by Crippen LogP contribution is -2.38. The van der Waals surface area contributed by atoms with Crippen LogP contribution in [0.3, 0.4) is 0 Å². The molecule has 0 aromatic rings. The summed E-state index contributed by atoms with van der Waals surface area (Å²) < 4.78 is 5.31. The standard InChI is InChI=1S/C14H27N3O2/c18-14(3-2-13-4-6-15-12-13)16-5-1-7-17-8-10-19-11-9-17/h13,15H,1-12H2,(H,16,18). The van der Waals surface area contributed by atoms with E-state index in [0.29, 0.717) is 12.3 Å². The Morgan fingerprint density at radius 1 is 1.37 bits per heavy atom. The molecule has 1 amide bonds. The molecule has 0 spiro atoms. The predicted octanol–water partition coefficient (Wildman–Crippen LogP) is 0.215. The van der Waals surface area contributed by atoms with E-state index in [1.165, 1.54) is 6.42 Å². The highest BCUT2D eigenvalue weighted by Gasteiger charge is 2.15. The molecule has 5 heteroatoms. The van der Waals surface area contributed by atoms with Crippen molar-refractivity contribution in [1.82, 2.24) is 15.5 Å². The Balaban J connectivity index is 1.44. The predicted molar refractivity (Wildman–Crippen MR) is 75.1 cm³/mol. The number of amides is 1. The summed E-state index contributed by atoms with van der Waals surface area (Å²) in [7, 11) is 0. The monoisotopic (exact) mass is 269 g/mol. The lowest BCUT2D eigenvalue weighted by atomic mass is 10.0. The fraction of sp³-hybridized carbons (Fsp3) is 0.929. The summed E-state index contributed by atoms with van der Waals surface area (Å²) in [5.74, 6) is 0.924. The van der Waals surface area contributed by atoms with Crippen LogP contribution in [0.5, 0.6) is 0 Å². The van der Waals surface area contributed by atoms with Crippen LogP contribution in [-0.4, -0.2) is 63.3 Å².